The number of amides is 1. The summed E-state index contributed by atoms with van der Waals surface area (Å²) in [6, 6.07) is 2.18. The van der Waals surface area contributed by atoms with Crippen LogP contribution in [0.5, 0.6) is 0 Å². The Morgan fingerprint density at radius 1 is 1.06 bits per heavy atom. The maximum atomic E-state index is 10.8. The van der Waals surface area contributed by atoms with Crippen LogP contribution in [-0.2, 0) is 0 Å². The van der Waals surface area contributed by atoms with Gasteiger partial charge in [0.25, 0.3) is 11.4 Å². The Bertz CT molecular complexity index is 465. The average Bonchev–Trinajstić information content (AvgIpc) is 2.27. The van der Waals surface area contributed by atoms with Gasteiger partial charge >= 0.3 is 5.91 Å². The monoisotopic (exact) mass is 225 g/mol. The van der Waals surface area contributed by atoms with Crippen LogP contribution in [0.3, 0.4) is 0 Å². The zero-order chi connectivity index (χ0) is 12.3. The number of rotatable bonds is 3. The molecule has 1 aromatic rings. The second kappa shape index (κ2) is 4.21. The molecule has 0 heterocycles. The van der Waals surface area contributed by atoms with E-state index in [0.717, 1.165) is 12.1 Å². The molecule has 0 aliphatic heterocycles. The molecule has 0 radical (unpaired) electrons. The van der Waals surface area contributed by atoms with Gasteiger partial charge in [-0.25, -0.2) is 0 Å². The van der Waals surface area contributed by atoms with Crippen molar-refractivity contribution in [3.05, 3.63) is 48.9 Å². The third-order valence-corrected chi connectivity index (χ3v) is 1.65. The van der Waals surface area contributed by atoms with Crippen molar-refractivity contribution in [1.29, 1.82) is 0 Å². The lowest BCUT2D eigenvalue weighted by Gasteiger charge is -1.95. The van der Waals surface area contributed by atoms with E-state index in [1.807, 2.05) is 5.18 Å². The Labute approximate surface area is 87.0 Å². The van der Waals surface area contributed by atoms with Crippen LogP contribution in [-0.4, -0.2) is 15.8 Å². The molecule has 0 aromatic heterocycles. The van der Waals surface area contributed by atoms with Gasteiger partial charge in [-0.1, -0.05) is 0 Å². The van der Waals surface area contributed by atoms with Gasteiger partial charge in [0.15, 0.2) is 0 Å². The normalized spacial score (nSPS) is 9.50. The number of non-ortho nitro benzene ring substituents is 2. The van der Waals surface area contributed by atoms with Crippen LogP contribution in [0, 0.1) is 25.1 Å². The van der Waals surface area contributed by atoms with E-state index in [1.165, 1.54) is 0 Å². The van der Waals surface area contributed by atoms with E-state index in [2.05, 4.69) is 0 Å². The Morgan fingerprint density at radius 2 is 1.50 bits per heavy atom. The van der Waals surface area contributed by atoms with E-state index >= 15 is 0 Å². The minimum atomic E-state index is -1.30. The highest BCUT2D eigenvalue weighted by Gasteiger charge is 2.19. The van der Waals surface area contributed by atoms with Crippen LogP contribution in [0.4, 0.5) is 11.4 Å². The molecule has 0 aliphatic carbocycles. The Morgan fingerprint density at radius 3 is 1.81 bits per heavy atom. The van der Waals surface area contributed by atoms with Gasteiger partial charge in [0, 0.05) is 17.3 Å². The highest BCUT2D eigenvalue weighted by molar-refractivity contribution is 5.96. The summed E-state index contributed by atoms with van der Waals surface area (Å²) < 4.78 is 0. The fraction of sp³-hybridized carbons (Fsp3) is 0. The lowest BCUT2D eigenvalue weighted by molar-refractivity contribution is -0.394. The number of nitro benzene ring substituents is 2. The van der Waals surface area contributed by atoms with Crippen molar-refractivity contribution in [3.63, 3.8) is 0 Å². The predicted molar refractivity (Wildman–Crippen MR) is 49.9 cm³/mol. The quantitative estimate of drug-likeness (QED) is 0.433. The molecule has 82 valence electrons. The number of nitrogens with zero attached hydrogens (tertiary/aromatic N) is 3. The van der Waals surface area contributed by atoms with Crippen LogP contribution in [0.15, 0.2) is 23.4 Å². The van der Waals surface area contributed by atoms with Gasteiger partial charge < -0.3 is 0 Å². The minimum absolute atomic E-state index is 0.490. The van der Waals surface area contributed by atoms with E-state index in [0.29, 0.717) is 6.07 Å². The second-order valence-electron chi connectivity index (χ2n) is 2.65. The molecule has 1 amide bonds. The molecule has 0 unspecified atom stereocenters. The molecule has 9 nitrogen and oxygen atoms in total. The third-order valence-electron chi connectivity index (χ3n) is 1.65. The summed E-state index contributed by atoms with van der Waals surface area (Å²) in [4.78, 5) is 39.8. The number of hydrogen-bond acceptors (Lipinski definition) is 6. The molecule has 0 spiro atoms. The fourth-order valence-corrected chi connectivity index (χ4v) is 0.982. The summed E-state index contributed by atoms with van der Waals surface area (Å²) in [5, 5.41) is 22.8. The SMILES string of the molecule is O=NC(=O)c1cc([N+](=O)[O-])cc([N+](=O)[O-])c1. The zero-order valence-electron chi connectivity index (χ0n) is 7.52. The first-order chi connectivity index (χ1) is 7.45. The van der Waals surface area contributed by atoms with Crippen LogP contribution in [0.2, 0.25) is 0 Å². The van der Waals surface area contributed by atoms with Crippen molar-refractivity contribution < 1.29 is 14.6 Å². The molecule has 0 saturated heterocycles. The molecule has 1 aromatic carbocycles. The molecule has 0 N–H and O–H groups in total. The zero-order valence-corrected chi connectivity index (χ0v) is 7.52. The summed E-state index contributed by atoms with van der Waals surface area (Å²) in [6.07, 6.45) is 0. The Hall–Kier alpha value is -2.71. The maximum Gasteiger partial charge on any atom is 0.317 e. The van der Waals surface area contributed by atoms with Crippen molar-refractivity contribution in [3.8, 4) is 0 Å². The van der Waals surface area contributed by atoms with E-state index in [-0.39, 0.29) is 0 Å². The molecule has 0 aliphatic rings. The molecule has 16 heavy (non-hydrogen) atoms. The second-order valence-corrected chi connectivity index (χ2v) is 2.65. The maximum absolute atomic E-state index is 10.8. The van der Waals surface area contributed by atoms with Gasteiger partial charge in [0.05, 0.1) is 21.5 Å². The topological polar surface area (TPSA) is 133 Å². The van der Waals surface area contributed by atoms with Crippen LogP contribution >= 0.6 is 0 Å². The predicted octanol–water partition coefficient (Wildman–Crippen LogP) is 1.41. The molecule has 0 fully saturated rings. The Kier molecular flexibility index (Phi) is 2.99. The van der Waals surface area contributed by atoms with Crippen LogP contribution < -0.4 is 0 Å². The number of nitroso groups, excluding NO2 is 1. The van der Waals surface area contributed by atoms with E-state index in [9.17, 15) is 29.9 Å². The summed E-state index contributed by atoms with van der Waals surface area (Å²) in [6.45, 7) is 0. The molecular weight excluding hydrogens is 222 g/mol. The molecular formula is C7H3N3O6. The summed E-state index contributed by atoms with van der Waals surface area (Å²) in [5.41, 5.74) is -1.79. The van der Waals surface area contributed by atoms with Gasteiger partial charge in [0.2, 0.25) is 0 Å². The van der Waals surface area contributed by atoms with Crippen LogP contribution in [0.1, 0.15) is 10.4 Å². The van der Waals surface area contributed by atoms with Gasteiger partial charge in [-0.15, -0.1) is 4.91 Å². The van der Waals surface area contributed by atoms with Gasteiger partial charge in [0.1, 0.15) is 0 Å². The van der Waals surface area contributed by atoms with Crippen molar-refractivity contribution >= 4 is 17.3 Å². The fourth-order valence-electron chi connectivity index (χ4n) is 0.982. The summed E-state index contributed by atoms with van der Waals surface area (Å²) in [7, 11) is 0. The largest absolute Gasteiger partial charge is 0.317 e. The standard InChI is InChI=1S/C7H3N3O6/c11-7(8-12)4-1-5(9(13)14)3-6(2-4)10(15)16/h1-3H. The average molecular weight is 225 g/mol. The van der Waals surface area contributed by atoms with E-state index in [1.54, 1.807) is 0 Å². The number of carbonyl (C=O) groups excluding carboxylic acids is 1. The number of carbonyl (C=O) groups is 1. The van der Waals surface area contributed by atoms with Gasteiger partial charge in [-0.2, -0.15) is 0 Å². The first kappa shape index (κ1) is 11.4. The van der Waals surface area contributed by atoms with Crippen molar-refractivity contribution in [2.24, 2.45) is 5.18 Å². The summed E-state index contributed by atoms with van der Waals surface area (Å²) in [5.74, 6) is -1.30. The highest BCUT2D eigenvalue weighted by Crippen LogP contribution is 2.22. The first-order valence-electron chi connectivity index (χ1n) is 3.77. The molecule has 0 saturated carbocycles. The molecule has 0 atom stereocenters. The van der Waals surface area contributed by atoms with E-state index in [4.69, 9.17) is 0 Å². The molecule has 1 rings (SSSR count). The molecule has 0 bridgehead atoms. The Balaban J connectivity index is 3.40. The number of benzene rings is 1. The van der Waals surface area contributed by atoms with Crippen molar-refractivity contribution in [2.75, 3.05) is 0 Å². The number of nitro groups is 2. The van der Waals surface area contributed by atoms with Crippen molar-refractivity contribution in [2.45, 2.75) is 0 Å². The van der Waals surface area contributed by atoms with Gasteiger partial charge in [-0.3, -0.25) is 25.0 Å². The summed E-state index contributed by atoms with van der Waals surface area (Å²) >= 11 is 0. The first-order valence-corrected chi connectivity index (χ1v) is 3.77. The number of hydrogen-bond donors (Lipinski definition) is 0. The van der Waals surface area contributed by atoms with E-state index < -0.39 is 32.7 Å². The van der Waals surface area contributed by atoms with Crippen LogP contribution in [0.25, 0.3) is 0 Å². The van der Waals surface area contributed by atoms with Crippen molar-refractivity contribution in [1.82, 2.24) is 0 Å². The lowest BCUT2D eigenvalue weighted by atomic mass is 10.1. The van der Waals surface area contributed by atoms with Gasteiger partial charge in [-0.05, 0) is 0 Å². The highest BCUT2D eigenvalue weighted by atomic mass is 16.6. The lowest BCUT2D eigenvalue weighted by Crippen LogP contribution is -1.99. The molecule has 9 heteroatoms. The smallest absolute Gasteiger partial charge is 0.263 e. The third kappa shape index (κ3) is 2.20. The minimum Gasteiger partial charge on any atom is -0.263 e.